The van der Waals surface area contributed by atoms with Crippen molar-refractivity contribution in [3.63, 3.8) is 0 Å². The van der Waals surface area contributed by atoms with Crippen LogP contribution in [0.25, 0.3) is 0 Å². The summed E-state index contributed by atoms with van der Waals surface area (Å²) in [5, 5.41) is 3.06. The highest BCUT2D eigenvalue weighted by molar-refractivity contribution is 8.00. The number of amides is 1. The van der Waals surface area contributed by atoms with Gasteiger partial charge in [-0.2, -0.15) is 11.8 Å². The van der Waals surface area contributed by atoms with Crippen LogP contribution in [-0.4, -0.2) is 48.0 Å². The minimum absolute atomic E-state index is 0. The Morgan fingerprint density at radius 1 is 1.33 bits per heavy atom. The van der Waals surface area contributed by atoms with E-state index in [2.05, 4.69) is 22.0 Å². The van der Waals surface area contributed by atoms with Crippen LogP contribution >= 0.6 is 24.2 Å². The molecule has 1 amide bonds. The molecule has 0 unspecified atom stereocenters. The number of nitrogens with one attached hydrogen (secondary N) is 1. The molecule has 1 aliphatic carbocycles. The maximum Gasteiger partial charge on any atom is 0.223 e. The third-order valence-electron chi connectivity index (χ3n) is 3.95. The van der Waals surface area contributed by atoms with Crippen molar-refractivity contribution in [3.05, 3.63) is 0 Å². The lowest BCUT2D eigenvalue weighted by Crippen LogP contribution is -2.50. The van der Waals surface area contributed by atoms with E-state index in [1.807, 2.05) is 7.05 Å². The summed E-state index contributed by atoms with van der Waals surface area (Å²) >= 11 is 2.12. The molecular weight excluding hydrogens is 268 g/mol. The van der Waals surface area contributed by atoms with Gasteiger partial charge < -0.3 is 10.2 Å². The Kier molecular flexibility index (Phi) is 6.82. The first kappa shape index (κ1) is 16.1. The average molecular weight is 293 g/mol. The van der Waals surface area contributed by atoms with Crippen LogP contribution < -0.4 is 5.32 Å². The minimum Gasteiger partial charge on any atom is -0.340 e. The first-order valence-electron chi connectivity index (χ1n) is 6.82. The summed E-state index contributed by atoms with van der Waals surface area (Å²) in [6.07, 6.45) is 7.37. The monoisotopic (exact) mass is 292 g/mol. The largest absolute Gasteiger partial charge is 0.340 e. The van der Waals surface area contributed by atoms with E-state index in [0.29, 0.717) is 17.1 Å². The Balaban J connectivity index is 0.00000162. The SMILES string of the molecule is CNCCC(=O)N1CCSC2(CCCCC2)C1.Cl. The fourth-order valence-electron chi connectivity index (χ4n) is 2.95. The van der Waals surface area contributed by atoms with E-state index in [-0.39, 0.29) is 12.4 Å². The normalized spacial score (nSPS) is 22.6. The van der Waals surface area contributed by atoms with Crippen LogP contribution in [-0.2, 0) is 4.79 Å². The summed E-state index contributed by atoms with van der Waals surface area (Å²) in [7, 11) is 1.90. The molecule has 5 heteroatoms. The summed E-state index contributed by atoms with van der Waals surface area (Å²) in [5.41, 5.74) is 0. The third kappa shape index (κ3) is 4.04. The van der Waals surface area contributed by atoms with Crippen molar-refractivity contribution >= 4 is 30.1 Å². The zero-order valence-corrected chi connectivity index (χ0v) is 12.9. The van der Waals surface area contributed by atoms with E-state index in [1.165, 1.54) is 32.1 Å². The van der Waals surface area contributed by atoms with Crippen LogP contribution in [0.15, 0.2) is 0 Å². The van der Waals surface area contributed by atoms with Crippen molar-refractivity contribution in [2.45, 2.75) is 43.3 Å². The lowest BCUT2D eigenvalue weighted by atomic mass is 9.87. The molecule has 0 bridgehead atoms. The fraction of sp³-hybridized carbons (Fsp3) is 0.923. The quantitative estimate of drug-likeness (QED) is 0.866. The van der Waals surface area contributed by atoms with Gasteiger partial charge in [-0.15, -0.1) is 12.4 Å². The number of hydrogen-bond acceptors (Lipinski definition) is 3. The summed E-state index contributed by atoms with van der Waals surface area (Å²) in [5.74, 6) is 1.47. The molecule has 0 aromatic carbocycles. The molecule has 2 fully saturated rings. The number of nitrogens with zero attached hydrogens (tertiary/aromatic N) is 1. The molecule has 1 heterocycles. The van der Waals surface area contributed by atoms with Crippen molar-refractivity contribution in [1.29, 1.82) is 0 Å². The van der Waals surface area contributed by atoms with Gasteiger partial charge in [0.2, 0.25) is 5.91 Å². The van der Waals surface area contributed by atoms with Crippen molar-refractivity contribution in [1.82, 2.24) is 10.2 Å². The first-order chi connectivity index (χ1) is 8.26. The number of halogens is 1. The molecule has 0 atom stereocenters. The lowest BCUT2D eigenvalue weighted by Gasteiger charge is -2.44. The van der Waals surface area contributed by atoms with Gasteiger partial charge in [0.1, 0.15) is 0 Å². The second-order valence-corrected chi connectivity index (χ2v) is 6.82. The van der Waals surface area contributed by atoms with E-state index in [0.717, 1.165) is 25.4 Å². The smallest absolute Gasteiger partial charge is 0.223 e. The van der Waals surface area contributed by atoms with Crippen LogP contribution in [0.5, 0.6) is 0 Å². The van der Waals surface area contributed by atoms with Gasteiger partial charge in [-0.3, -0.25) is 4.79 Å². The summed E-state index contributed by atoms with van der Waals surface area (Å²) in [6.45, 7) is 2.75. The number of hydrogen-bond donors (Lipinski definition) is 1. The maximum atomic E-state index is 12.1. The molecule has 18 heavy (non-hydrogen) atoms. The van der Waals surface area contributed by atoms with E-state index in [4.69, 9.17) is 0 Å². The molecule has 1 aliphatic heterocycles. The standard InChI is InChI=1S/C13H24N2OS.ClH/c1-14-8-5-12(16)15-9-10-17-13(11-15)6-3-2-4-7-13;/h14H,2-11H2,1H3;1H. The van der Waals surface area contributed by atoms with Gasteiger partial charge in [0.25, 0.3) is 0 Å². The molecule has 1 saturated heterocycles. The fourth-order valence-corrected chi connectivity index (χ4v) is 4.52. The van der Waals surface area contributed by atoms with Crippen molar-refractivity contribution in [2.24, 2.45) is 0 Å². The lowest BCUT2D eigenvalue weighted by molar-refractivity contribution is -0.131. The molecule has 1 saturated carbocycles. The average Bonchev–Trinajstić information content (AvgIpc) is 2.37. The van der Waals surface area contributed by atoms with Gasteiger partial charge in [0.05, 0.1) is 0 Å². The van der Waals surface area contributed by atoms with Crippen LogP contribution in [0, 0.1) is 0 Å². The molecule has 2 rings (SSSR count). The zero-order chi connectivity index (χ0) is 12.1. The van der Waals surface area contributed by atoms with Crippen LogP contribution in [0.4, 0.5) is 0 Å². The zero-order valence-electron chi connectivity index (χ0n) is 11.2. The number of carbonyl (C=O) groups excluding carboxylic acids is 1. The molecule has 1 N–H and O–H groups in total. The van der Waals surface area contributed by atoms with E-state index in [1.54, 1.807) is 0 Å². The second kappa shape index (κ2) is 7.61. The summed E-state index contributed by atoms with van der Waals surface area (Å²) in [6, 6.07) is 0. The van der Waals surface area contributed by atoms with Crippen LogP contribution in [0.1, 0.15) is 38.5 Å². The Bertz CT molecular complexity index is 264. The minimum atomic E-state index is 0. The topological polar surface area (TPSA) is 32.3 Å². The highest BCUT2D eigenvalue weighted by Gasteiger charge is 2.38. The maximum absolute atomic E-state index is 12.1. The van der Waals surface area contributed by atoms with Gasteiger partial charge >= 0.3 is 0 Å². The van der Waals surface area contributed by atoms with Crippen LogP contribution in [0.3, 0.4) is 0 Å². The number of thioether (sulfide) groups is 1. The number of carbonyl (C=O) groups is 1. The van der Waals surface area contributed by atoms with Crippen molar-refractivity contribution in [2.75, 3.05) is 32.4 Å². The summed E-state index contributed by atoms with van der Waals surface area (Å²) < 4.78 is 0.409. The molecule has 0 aromatic rings. The van der Waals surface area contributed by atoms with Crippen molar-refractivity contribution in [3.8, 4) is 0 Å². The number of rotatable bonds is 3. The first-order valence-corrected chi connectivity index (χ1v) is 7.81. The molecule has 1 spiro atoms. The Labute approximate surface area is 121 Å². The van der Waals surface area contributed by atoms with Crippen molar-refractivity contribution < 1.29 is 4.79 Å². The van der Waals surface area contributed by atoms with Gasteiger partial charge in [0, 0.05) is 36.6 Å². The Morgan fingerprint density at radius 2 is 2.06 bits per heavy atom. The van der Waals surface area contributed by atoms with Gasteiger partial charge in [-0.1, -0.05) is 19.3 Å². The van der Waals surface area contributed by atoms with Gasteiger partial charge in [-0.05, 0) is 19.9 Å². The van der Waals surface area contributed by atoms with E-state index >= 15 is 0 Å². The molecule has 106 valence electrons. The second-order valence-electron chi connectivity index (χ2n) is 5.26. The molecule has 3 nitrogen and oxygen atoms in total. The highest BCUT2D eigenvalue weighted by atomic mass is 35.5. The Morgan fingerprint density at radius 3 is 2.72 bits per heavy atom. The Hall–Kier alpha value is 0.0700. The molecule has 0 radical (unpaired) electrons. The third-order valence-corrected chi connectivity index (χ3v) is 5.49. The van der Waals surface area contributed by atoms with Gasteiger partial charge in [-0.25, -0.2) is 0 Å². The van der Waals surface area contributed by atoms with Gasteiger partial charge in [0.15, 0.2) is 0 Å². The summed E-state index contributed by atoms with van der Waals surface area (Å²) in [4.78, 5) is 14.2. The predicted molar refractivity (Wildman–Crippen MR) is 80.6 cm³/mol. The highest BCUT2D eigenvalue weighted by Crippen LogP contribution is 2.42. The molecule has 0 aromatic heterocycles. The predicted octanol–water partition coefficient (Wildman–Crippen LogP) is 2.30. The van der Waals surface area contributed by atoms with E-state index < -0.39 is 0 Å². The van der Waals surface area contributed by atoms with E-state index in [9.17, 15) is 4.79 Å². The molecular formula is C13H25ClN2OS. The van der Waals surface area contributed by atoms with Crippen LogP contribution in [0.2, 0.25) is 0 Å². The molecule has 2 aliphatic rings.